The van der Waals surface area contributed by atoms with E-state index in [1.807, 2.05) is 30.1 Å². The summed E-state index contributed by atoms with van der Waals surface area (Å²) in [5, 5.41) is 7.12. The average molecular weight is 438 g/mol. The third kappa shape index (κ3) is 5.10. The zero-order valence-electron chi connectivity index (χ0n) is 17.1. The fraction of sp³-hybridized carbons (Fsp3) is 0.455. The Bertz CT molecular complexity index is 876. The quantitative estimate of drug-likeness (QED) is 0.787. The first-order valence-corrected chi connectivity index (χ1v) is 10.00. The van der Waals surface area contributed by atoms with E-state index >= 15 is 0 Å². The molecule has 3 heterocycles. The van der Waals surface area contributed by atoms with Crippen molar-refractivity contribution in [3.05, 3.63) is 60.1 Å². The molecule has 1 atom stereocenters. The number of carboxylic acids is 1. The van der Waals surface area contributed by atoms with Crippen LogP contribution in [0.4, 0.5) is 13.2 Å². The first-order chi connectivity index (χ1) is 14.6. The molecule has 1 aromatic heterocycles. The molecule has 2 aromatic rings. The van der Waals surface area contributed by atoms with Crippen LogP contribution < -0.4 is 0 Å². The molecule has 1 N–H and O–H groups in total. The van der Waals surface area contributed by atoms with Gasteiger partial charge in [0.15, 0.2) is 0 Å². The second kappa shape index (κ2) is 9.13. The minimum Gasteiger partial charge on any atom is -0.475 e. The van der Waals surface area contributed by atoms with Gasteiger partial charge >= 0.3 is 12.1 Å². The maximum atomic E-state index is 12.5. The molecule has 2 aliphatic rings. The van der Waals surface area contributed by atoms with E-state index in [2.05, 4.69) is 29.2 Å². The van der Waals surface area contributed by atoms with Crippen LogP contribution in [-0.4, -0.2) is 58.6 Å². The van der Waals surface area contributed by atoms with E-state index in [0.717, 1.165) is 38.2 Å². The smallest absolute Gasteiger partial charge is 0.475 e. The van der Waals surface area contributed by atoms with Crippen molar-refractivity contribution < 1.29 is 32.3 Å². The molecule has 1 unspecified atom stereocenters. The lowest BCUT2D eigenvalue weighted by Crippen LogP contribution is -2.53. The predicted octanol–water partition coefficient (Wildman–Crippen LogP) is 3.89. The Hall–Kier alpha value is -2.81. The van der Waals surface area contributed by atoms with Crippen LogP contribution in [0.5, 0.6) is 0 Å². The number of likely N-dealkylation sites (tertiary alicyclic amines) is 2. The molecule has 168 valence electrons. The number of carbonyl (C=O) groups excluding carboxylic acids is 1. The number of carbonyl (C=O) groups is 2. The largest absolute Gasteiger partial charge is 0.490 e. The molecular weight excluding hydrogens is 413 g/mol. The summed E-state index contributed by atoms with van der Waals surface area (Å²) in [6.07, 6.45) is -0.667. The van der Waals surface area contributed by atoms with E-state index < -0.39 is 12.1 Å². The summed E-state index contributed by atoms with van der Waals surface area (Å²) in [5.41, 5.74) is 1.27. The van der Waals surface area contributed by atoms with Gasteiger partial charge in [0.05, 0.1) is 18.3 Å². The van der Waals surface area contributed by atoms with Crippen molar-refractivity contribution in [1.29, 1.82) is 0 Å². The van der Waals surface area contributed by atoms with Gasteiger partial charge in [-0.3, -0.25) is 9.69 Å². The third-order valence-corrected chi connectivity index (χ3v) is 6.20. The van der Waals surface area contributed by atoms with Crippen LogP contribution in [0.25, 0.3) is 0 Å². The predicted molar refractivity (Wildman–Crippen MR) is 106 cm³/mol. The van der Waals surface area contributed by atoms with Crippen molar-refractivity contribution in [1.82, 2.24) is 9.80 Å². The van der Waals surface area contributed by atoms with Gasteiger partial charge in [-0.25, -0.2) is 4.79 Å². The van der Waals surface area contributed by atoms with Crippen LogP contribution in [0.3, 0.4) is 0 Å². The molecule has 6 nitrogen and oxygen atoms in total. The van der Waals surface area contributed by atoms with Gasteiger partial charge in [-0.05, 0) is 30.5 Å². The number of halogens is 3. The number of amides is 1. The van der Waals surface area contributed by atoms with Gasteiger partial charge < -0.3 is 14.4 Å². The number of furan rings is 1. The molecule has 0 radical (unpaired) electrons. The Morgan fingerprint density at radius 2 is 1.77 bits per heavy atom. The van der Waals surface area contributed by atoms with Gasteiger partial charge in [0, 0.05) is 32.5 Å². The highest BCUT2D eigenvalue weighted by Gasteiger charge is 2.52. The number of benzene rings is 1. The first-order valence-electron chi connectivity index (χ1n) is 10.00. The average Bonchev–Trinajstić information content (AvgIpc) is 3.33. The molecule has 1 amide bonds. The molecule has 31 heavy (non-hydrogen) atoms. The van der Waals surface area contributed by atoms with Crippen molar-refractivity contribution in [2.75, 3.05) is 20.1 Å². The standard InChI is InChI=1S/C20H24N2O2.C2HF3O2/c1-21-19(23)14-18(16-6-3-2-4-7-16)20(21)9-11-22(12-10-20)15-17-8-5-13-24-17;3-2(4,5)1(6)7/h2-8,13,18H,9-12,14-15H2,1H3;(H,6,7). The van der Waals surface area contributed by atoms with E-state index in [9.17, 15) is 18.0 Å². The number of piperidine rings is 1. The lowest BCUT2D eigenvalue weighted by Gasteiger charge is -2.46. The van der Waals surface area contributed by atoms with Crippen molar-refractivity contribution in [2.24, 2.45) is 0 Å². The van der Waals surface area contributed by atoms with Crippen molar-refractivity contribution >= 4 is 11.9 Å². The van der Waals surface area contributed by atoms with E-state index in [0.29, 0.717) is 12.3 Å². The molecule has 2 fully saturated rings. The Morgan fingerprint density at radius 3 is 2.29 bits per heavy atom. The molecule has 0 bridgehead atoms. The van der Waals surface area contributed by atoms with Crippen LogP contribution in [-0.2, 0) is 16.1 Å². The number of hydrogen-bond acceptors (Lipinski definition) is 4. The second-order valence-electron chi connectivity index (χ2n) is 7.88. The van der Waals surface area contributed by atoms with Crippen LogP contribution in [0.2, 0.25) is 0 Å². The van der Waals surface area contributed by atoms with Gasteiger partial charge in [-0.1, -0.05) is 30.3 Å². The highest BCUT2D eigenvalue weighted by Crippen LogP contribution is 2.48. The maximum absolute atomic E-state index is 12.5. The maximum Gasteiger partial charge on any atom is 0.490 e. The summed E-state index contributed by atoms with van der Waals surface area (Å²) in [6.45, 7) is 2.86. The number of hydrogen-bond donors (Lipinski definition) is 1. The molecule has 1 aromatic carbocycles. The number of likely N-dealkylation sites (N-methyl/N-ethyl adjacent to an activating group) is 1. The topological polar surface area (TPSA) is 74.0 Å². The lowest BCUT2D eigenvalue weighted by molar-refractivity contribution is -0.192. The Morgan fingerprint density at radius 1 is 1.16 bits per heavy atom. The van der Waals surface area contributed by atoms with Gasteiger partial charge in [0.25, 0.3) is 0 Å². The summed E-state index contributed by atoms with van der Waals surface area (Å²) >= 11 is 0. The summed E-state index contributed by atoms with van der Waals surface area (Å²) in [4.78, 5) is 25.8. The van der Waals surface area contributed by atoms with Crippen LogP contribution in [0.1, 0.15) is 36.5 Å². The summed E-state index contributed by atoms with van der Waals surface area (Å²) < 4.78 is 37.2. The zero-order chi connectivity index (χ0) is 22.6. The third-order valence-electron chi connectivity index (χ3n) is 6.20. The number of alkyl halides is 3. The van der Waals surface area contributed by atoms with Crippen LogP contribution in [0, 0.1) is 0 Å². The molecule has 4 rings (SSSR count). The molecular formula is C22H25F3N2O4. The number of nitrogens with zero attached hydrogens (tertiary/aromatic N) is 2. The minimum absolute atomic E-state index is 0.0297. The molecule has 9 heteroatoms. The van der Waals surface area contributed by atoms with Gasteiger partial charge in [-0.2, -0.15) is 13.2 Å². The normalized spacial score (nSPS) is 21.1. The molecule has 2 saturated heterocycles. The summed E-state index contributed by atoms with van der Waals surface area (Å²) in [6, 6.07) is 14.5. The molecule has 1 spiro atoms. The number of aliphatic carboxylic acids is 1. The zero-order valence-corrected chi connectivity index (χ0v) is 17.1. The highest BCUT2D eigenvalue weighted by molar-refractivity contribution is 5.81. The summed E-state index contributed by atoms with van der Waals surface area (Å²) in [7, 11) is 1.99. The van der Waals surface area contributed by atoms with E-state index in [1.54, 1.807) is 6.26 Å². The fourth-order valence-electron chi connectivity index (χ4n) is 4.50. The first kappa shape index (κ1) is 22.9. The van der Waals surface area contributed by atoms with Gasteiger partial charge in [0.2, 0.25) is 5.91 Å². The van der Waals surface area contributed by atoms with E-state index in [1.165, 1.54) is 5.56 Å². The van der Waals surface area contributed by atoms with E-state index in [4.69, 9.17) is 14.3 Å². The Balaban J connectivity index is 0.000000339. The molecule has 0 saturated carbocycles. The monoisotopic (exact) mass is 438 g/mol. The van der Waals surface area contributed by atoms with Crippen LogP contribution >= 0.6 is 0 Å². The van der Waals surface area contributed by atoms with Gasteiger partial charge in [0.1, 0.15) is 5.76 Å². The van der Waals surface area contributed by atoms with Crippen molar-refractivity contribution in [3.8, 4) is 0 Å². The lowest BCUT2D eigenvalue weighted by atomic mass is 9.74. The molecule has 2 aliphatic heterocycles. The van der Waals surface area contributed by atoms with E-state index in [-0.39, 0.29) is 11.4 Å². The number of carboxylic acid groups (broad SMARTS) is 1. The SMILES string of the molecule is CN1C(=O)CC(c2ccccc2)C12CCN(Cc1ccco1)CC2.O=C(O)C(F)(F)F. The highest BCUT2D eigenvalue weighted by atomic mass is 19.4. The fourth-order valence-corrected chi connectivity index (χ4v) is 4.50. The second-order valence-corrected chi connectivity index (χ2v) is 7.88. The Labute approximate surface area is 178 Å². The summed E-state index contributed by atoms with van der Waals surface area (Å²) in [5.74, 6) is -1.15. The van der Waals surface area contributed by atoms with Crippen molar-refractivity contribution in [3.63, 3.8) is 0 Å². The molecule has 0 aliphatic carbocycles. The van der Waals surface area contributed by atoms with Gasteiger partial charge in [-0.15, -0.1) is 0 Å². The minimum atomic E-state index is -5.08. The van der Waals surface area contributed by atoms with Crippen LogP contribution in [0.15, 0.2) is 53.1 Å². The Kier molecular flexibility index (Phi) is 6.74. The number of rotatable bonds is 3. The van der Waals surface area contributed by atoms with Crippen molar-refractivity contribution in [2.45, 2.75) is 43.4 Å².